The fraction of sp³-hybridized carbons (Fsp3) is 1.00. The summed E-state index contributed by atoms with van der Waals surface area (Å²) in [5, 5.41) is -7.18. The van der Waals surface area contributed by atoms with Gasteiger partial charge in [0.2, 0.25) is 0 Å². The fourth-order valence-corrected chi connectivity index (χ4v) is 2.01. The van der Waals surface area contributed by atoms with Gasteiger partial charge in [0.1, 0.15) is 9.73 Å². The summed E-state index contributed by atoms with van der Waals surface area (Å²) in [7, 11) is -6.39. The van der Waals surface area contributed by atoms with Crippen LogP contribution in [0, 0.1) is 4.78 Å². The SMILES string of the molecule is CS(=N)(=O)C(F)(F)C(F)(F)C(F)(F)C(F)(F)C(F)(F)C(F)(F)C(F)(F)C(F)(F)F. The Hall–Kier alpha value is -1.24. The van der Waals surface area contributed by atoms with Crippen molar-refractivity contribution in [2.24, 2.45) is 0 Å². The first-order valence-electron chi connectivity index (χ1n) is 5.95. The van der Waals surface area contributed by atoms with Crippen molar-refractivity contribution in [1.82, 2.24) is 0 Å². The minimum absolute atomic E-state index is 0.806. The maximum atomic E-state index is 13.2. The molecule has 0 aliphatic carbocycles. The average molecular weight is 497 g/mol. The van der Waals surface area contributed by atoms with Crippen molar-refractivity contribution in [3.8, 4) is 0 Å². The highest BCUT2D eigenvalue weighted by Crippen LogP contribution is 2.64. The summed E-state index contributed by atoms with van der Waals surface area (Å²) < 4.78 is 234. The van der Waals surface area contributed by atoms with Crippen LogP contribution >= 0.6 is 0 Å². The number of rotatable bonds is 7. The first-order valence-corrected chi connectivity index (χ1v) is 7.91. The predicted molar refractivity (Wildman–Crippen MR) is 57.5 cm³/mol. The molecule has 1 unspecified atom stereocenters. The van der Waals surface area contributed by atoms with E-state index in [1.54, 1.807) is 0 Å². The van der Waals surface area contributed by atoms with Gasteiger partial charge in [-0.05, 0) is 0 Å². The van der Waals surface area contributed by atoms with Crippen LogP contribution in [0.2, 0.25) is 0 Å². The minimum Gasteiger partial charge on any atom is -0.248 e. The van der Waals surface area contributed by atoms with Gasteiger partial charge in [0.25, 0.3) is 0 Å². The summed E-state index contributed by atoms with van der Waals surface area (Å²) >= 11 is 0. The Balaban J connectivity index is 6.90. The van der Waals surface area contributed by atoms with Gasteiger partial charge in [-0.1, -0.05) is 0 Å². The van der Waals surface area contributed by atoms with E-state index in [0.29, 0.717) is 0 Å². The smallest absolute Gasteiger partial charge is 0.248 e. The lowest BCUT2D eigenvalue weighted by Crippen LogP contribution is -2.74. The van der Waals surface area contributed by atoms with Gasteiger partial charge in [0, 0.05) is 6.26 Å². The Morgan fingerprint density at radius 2 is 0.690 bits per heavy atom. The summed E-state index contributed by atoms with van der Waals surface area (Å²) in [6, 6.07) is 0. The van der Waals surface area contributed by atoms with Crippen LogP contribution in [0.25, 0.3) is 0 Å². The summed E-state index contributed by atoms with van der Waals surface area (Å²) in [4.78, 5) is 0. The van der Waals surface area contributed by atoms with Gasteiger partial charge >= 0.3 is 47.0 Å². The van der Waals surface area contributed by atoms with Crippen LogP contribution in [0.1, 0.15) is 0 Å². The first-order chi connectivity index (χ1) is 12.0. The highest BCUT2D eigenvalue weighted by molar-refractivity contribution is 7.92. The molecule has 20 heteroatoms. The molecule has 0 spiro atoms. The molecule has 0 fully saturated rings. The van der Waals surface area contributed by atoms with Crippen LogP contribution in [0.3, 0.4) is 0 Å². The van der Waals surface area contributed by atoms with E-state index >= 15 is 0 Å². The van der Waals surface area contributed by atoms with Crippen LogP contribution in [0.15, 0.2) is 0 Å². The summed E-state index contributed by atoms with van der Waals surface area (Å²) in [6.45, 7) is 0. The third kappa shape index (κ3) is 3.28. The van der Waals surface area contributed by atoms with Crippen molar-refractivity contribution in [3.05, 3.63) is 0 Å². The van der Waals surface area contributed by atoms with Gasteiger partial charge in [-0.25, -0.2) is 8.99 Å². The van der Waals surface area contributed by atoms with Crippen molar-refractivity contribution in [2.75, 3.05) is 6.26 Å². The predicted octanol–water partition coefficient (Wildman–Crippen LogP) is 5.63. The fourth-order valence-electron chi connectivity index (χ4n) is 1.39. The molecule has 0 bridgehead atoms. The quantitative estimate of drug-likeness (QED) is 0.456. The molecule has 0 heterocycles. The van der Waals surface area contributed by atoms with E-state index in [1.165, 1.54) is 0 Å². The Morgan fingerprint density at radius 3 is 0.897 bits per heavy atom. The Morgan fingerprint density at radius 1 is 0.483 bits per heavy atom. The molecule has 0 rings (SSSR count). The van der Waals surface area contributed by atoms with Crippen LogP contribution in [0.4, 0.5) is 74.6 Å². The van der Waals surface area contributed by atoms with Crippen LogP contribution in [0.5, 0.6) is 0 Å². The number of hydrogen-bond donors (Lipinski definition) is 1. The molecule has 0 saturated carbocycles. The standard InChI is InChI=1S/C9H4F17NOS/c1-29(27,28)9(25,26)7(20,21)5(16,17)3(12,13)2(10,11)4(14,15)6(18,19)8(22,23)24/h27H,1H3. The second kappa shape index (κ2) is 6.38. The molecule has 0 aromatic rings. The summed E-state index contributed by atoms with van der Waals surface area (Å²) in [6.07, 6.45) is -8.63. The lowest BCUT2D eigenvalue weighted by molar-refractivity contribution is -0.458. The molecular formula is C9H4F17NOS. The molecule has 0 aromatic carbocycles. The largest absolute Gasteiger partial charge is 0.460 e. The topological polar surface area (TPSA) is 40.9 Å². The molecule has 0 amide bonds. The summed E-state index contributed by atoms with van der Waals surface area (Å²) in [5.41, 5.74) is 0. The third-order valence-corrected chi connectivity index (χ3v) is 4.42. The molecule has 29 heavy (non-hydrogen) atoms. The van der Waals surface area contributed by atoms with Crippen molar-refractivity contribution in [1.29, 1.82) is 4.78 Å². The number of hydrogen-bond acceptors (Lipinski definition) is 2. The van der Waals surface area contributed by atoms with Gasteiger partial charge in [-0.2, -0.15) is 74.6 Å². The van der Waals surface area contributed by atoms with Crippen molar-refractivity contribution < 1.29 is 78.8 Å². The highest BCUT2D eigenvalue weighted by Gasteiger charge is 2.95. The second-order valence-electron chi connectivity index (χ2n) is 5.30. The van der Waals surface area contributed by atoms with Gasteiger partial charge in [0.15, 0.2) is 0 Å². The van der Waals surface area contributed by atoms with E-state index in [2.05, 4.69) is 0 Å². The lowest BCUT2D eigenvalue weighted by Gasteiger charge is -2.42. The van der Waals surface area contributed by atoms with Crippen molar-refractivity contribution >= 4 is 9.73 Å². The van der Waals surface area contributed by atoms with E-state index in [9.17, 15) is 78.8 Å². The van der Waals surface area contributed by atoms with Crippen LogP contribution in [-0.2, 0) is 9.73 Å². The van der Waals surface area contributed by atoms with Gasteiger partial charge < -0.3 is 0 Å². The molecular weight excluding hydrogens is 493 g/mol. The molecule has 1 N–H and O–H groups in total. The third-order valence-electron chi connectivity index (χ3n) is 3.18. The molecule has 0 radical (unpaired) electrons. The monoisotopic (exact) mass is 497 g/mol. The van der Waals surface area contributed by atoms with Gasteiger partial charge in [-0.15, -0.1) is 0 Å². The molecule has 0 aromatic heterocycles. The summed E-state index contributed by atoms with van der Waals surface area (Å²) in [5.74, 6) is -50.9. The number of halogens is 17. The average Bonchev–Trinajstić information content (AvgIpc) is 2.43. The van der Waals surface area contributed by atoms with E-state index in [1.807, 2.05) is 0 Å². The number of alkyl halides is 17. The molecule has 0 aliphatic rings. The molecule has 2 nitrogen and oxygen atoms in total. The molecule has 1 atom stereocenters. The van der Waals surface area contributed by atoms with Gasteiger partial charge in [-0.3, -0.25) is 0 Å². The van der Waals surface area contributed by atoms with E-state index in [-0.39, 0.29) is 0 Å². The van der Waals surface area contributed by atoms with Gasteiger partial charge in [0.05, 0.1) is 0 Å². The molecule has 176 valence electrons. The Bertz CT molecular complexity index is 732. The Kier molecular flexibility index (Phi) is 6.11. The van der Waals surface area contributed by atoms with Crippen LogP contribution < -0.4 is 0 Å². The zero-order chi connectivity index (χ0) is 24.5. The first kappa shape index (κ1) is 27.8. The van der Waals surface area contributed by atoms with E-state index < -0.39 is 63.0 Å². The molecule has 0 aliphatic heterocycles. The maximum absolute atomic E-state index is 13.2. The van der Waals surface area contributed by atoms with E-state index in [0.717, 1.165) is 0 Å². The lowest BCUT2D eigenvalue weighted by atomic mass is 9.91. The highest BCUT2D eigenvalue weighted by atomic mass is 32.2. The van der Waals surface area contributed by atoms with Crippen molar-refractivity contribution in [2.45, 2.75) is 47.0 Å². The Labute approximate surface area is 148 Å². The molecule has 0 saturated heterocycles. The number of nitrogens with one attached hydrogen (secondary N) is 1. The van der Waals surface area contributed by atoms with Crippen LogP contribution in [-0.4, -0.2) is 57.4 Å². The van der Waals surface area contributed by atoms with Crippen molar-refractivity contribution in [3.63, 3.8) is 0 Å². The minimum atomic E-state index is -8.74. The normalized spacial score (nSPS) is 18.6. The van der Waals surface area contributed by atoms with E-state index in [4.69, 9.17) is 4.78 Å². The second-order valence-corrected chi connectivity index (χ2v) is 7.50. The zero-order valence-corrected chi connectivity index (χ0v) is 13.6. The zero-order valence-electron chi connectivity index (χ0n) is 12.7. The maximum Gasteiger partial charge on any atom is 0.460 e.